The molecule has 0 aromatic heterocycles. The SMILES string of the molecule is CCCCCCPc1ccc(OC)c(-c2ccccc2)c1OC. The van der Waals surface area contributed by atoms with E-state index in [1.54, 1.807) is 14.2 Å². The summed E-state index contributed by atoms with van der Waals surface area (Å²) in [5, 5.41) is 1.30. The third kappa shape index (κ3) is 4.72. The number of benzene rings is 2. The first-order chi connectivity index (χ1) is 11.3. The number of hydrogen-bond acceptors (Lipinski definition) is 2. The van der Waals surface area contributed by atoms with E-state index in [4.69, 9.17) is 9.47 Å². The maximum Gasteiger partial charge on any atom is 0.137 e. The fraction of sp³-hybridized carbons (Fsp3) is 0.400. The van der Waals surface area contributed by atoms with Crippen molar-refractivity contribution in [3.05, 3.63) is 42.5 Å². The van der Waals surface area contributed by atoms with Crippen LogP contribution in [0.25, 0.3) is 11.1 Å². The van der Waals surface area contributed by atoms with Crippen molar-refractivity contribution >= 4 is 13.9 Å². The Hall–Kier alpha value is -1.53. The highest BCUT2D eigenvalue weighted by Crippen LogP contribution is 2.39. The zero-order valence-electron chi connectivity index (χ0n) is 14.4. The van der Waals surface area contributed by atoms with E-state index >= 15 is 0 Å². The van der Waals surface area contributed by atoms with Crippen LogP contribution in [-0.4, -0.2) is 20.4 Å². The van der Waals surface area contributed by atoms with E-state index < -0.39 is 0 Å². The van der Waals surface area contributed by atoms with E-state index in [0.29, 0.717) is 0 Å². The second-order valence-corrected chi connectivity index (χ2v) is 6.97. The minimum atomic E-state index is 0.780. The van der Waals surface area contributed by atoms with Gasteiger partial charge in [-0.2, -0.15) is 0 Å². The molecule has 0 aliphatic carbocycles. The molecular formula is C20H27O2P. The molecule has 0 radical (unpaired) electrons. The van der Waals surface area contributed by atoms with Gasteiger partial charge in [0.05, 0.1) is 19.8 Å². The molecule has 124 valence electrons. The molecule has 0 bridgehead atoms. The predicted octanol–water partition coefficient (Wildman–Crippen LogP) is 5.25. The van der Waals surface area contributed by atoms with Crippen molar-refractivity contribution in [2.24, 2.45) is 0 Å². The van der Waals surface area contributed by atoms with E-state index in [9.17, 15) is 0 Å². The summed E-state index contributed by atoms with van der Waals surface area (Å²) in [6, 6.07) is 14.6. The monoisotopic (exact) mass is 330 g/mol. The molecule has 23 heavy (non-hydrogen) atoms. The summed E-state index contributed by atoms with van der Waals surface area (Å²) in [4.78, 5) is 0. The van der Waals surface area contributed by atoms with Crippen molar-refractivity contribution in [3.8, 4) is 22.6 Å². The van der Waals surface area contributed by atoms with Crippen LogP contribution in [-0.2, 0) is 0 Å². The van der Waals surface area contributed by atoms with Crippen LogP contribution in [0.5, 0.6) is 11.5 Å². The first kappa shape index (κ1) is 17.8. The van der Waals surface area contributed by atoms with Gasteiger partial charge in [0.2, 0.25) is 0 Å². The fourth-order valence-electron chi connectivity index (χ4n) is 2.74. The summed E-state index contributed by atoms with van der Waals surface area (Å²) < 4.78 is 11.4. The lowest BCUT2D eigenvalue weighted by Crippen LogP contribution is -2.05. The average molecular weight is 330 g/mol. The van der Waals surface area contributed by atoms with Crippen LogP contribution in [0.2, 0.25) is 0 Å². The Labute approximate surface area is 142 Å². The molecule has 3 heteroatoms. The lowest BCUT2D eigenvalue weighted by Gasteiger charge is -2.17. The van der Waals surface area contributed by atoms with Crippen molar-refractivity contribution in [2.45, 2.75) is 32.6 Å². The quantitative estimate of drug-likeness (QED) is 0.461. The molecule has 0 spiro atoms. The Morgan fingerprint density at radius 3 is 2.30 bits per heavy atom. The van der Waals surface area contributed by atoms with E-state index in [1.165, 1.54) is 37.1 Å². The Bertz CT molecular complexity index is 596. The Morgan fingerprint density at radius 1 is 0.870 bits per heavy atom. The van der Waals surface area contributed by atoms with Crippen LogP contribution >= 0.6 is 8.58 Å². The maximum absolute atomic E-state index is 5.78. The highest BCUT2D eigenvalue weighted by molar-refractivity contribution is 7.47. The summed E-state index contributed by atoms with van der Waals surface area (Å²) in [6.07, 6.45) is 6.47. The molecule has 0 N–H and O–H groups in total. The zero-order chi connectivity index (χ0) is 16.5. The standard InChI is InChI=1S/C20H27O2P/c1-4-5-6-10-15-23-18-14-13-17(21-2)19(20(18)22-3)16-11-8-7-9-12-16/h7-9,11-14,23H,4-6,10,15H2,1-3H3. The van der Waals surface area contributed by atoms with Crippen LogP contribution in [0.15, 0.2) is 42.5 Å². The third-order valence-corrected chi connectivity index (χ3v) is 5.33. The summed E-state index contributed by atoms with van der Waals surface area (Å²) in [7, 11) is 4.25. The molecule has 0 aliphatic heterocycles. The van der Waals surface area contributed by atoms with Gasteiger partial charge >= 0.3 is 0 Å². The normalized spacial score (nSPS) is 11.1. The molecule has 0 fully saturated rings. The number of hydrogen-bond donors (Lipinski definition) is 0. The molecule has 0 saturated carbocycles. The fourth-order valence-corrected chi connectivity index (χ4v) is 4.02. The molecule has 0 heterocycles. The Balaban J connectivity index is 2.27. The second kappa shape index (κ2) is 9.57. The van der Waals surface area contributed by atoms with Crippen LogP contribution < -0.4 is 14.8 Å². The van der Waals surface area contributed by atoms with E-state index in [0.717, 1.165) is 31.2 Å². The van der Waals surface area contributed by atoms with Crippen LogP contribution in [0.1, 0.15) is 32.6 Å². The van der Waals surface area contributed by atoms with Gasteiger partial charge in [-0.25, -0.2) is 0 Å². The smallest absolute Gasteiger partial charge is 0.137 e. The van der Waals surface area contributed by atoms with Gasteiger partial charge in [0, 0.05) is 5.30 Å². The molecular weight excluding hydrogens is 303 g/mol. The van der Waals surface area contributed by atoms with Crippen molar-refractivity contribution in [3.63, 3.8) is 0 Å². The van der Waals surface area contributed by atoms with Gasteiger partial charge in [-0.3, -0.25) is 0 Å². The molecule has 2 aromatic carbocycles. The number of ether oxygens (including phenoxy) is 2. The van der Waals surface area contributed by atoms with Crippen LogP contribution in [0.3, 0.4) is 0 Å². The second-order valence-electron chi connectivity index (χ2n) is 5.58. The predicted molar refractivity (Wildman–Crippen MR) is 102 cm³/mol. The first-order valence-electron chi connectivity index (χ1n) is 8.36. The summed E-state index contributed by atoms with van der Waals surface area (Å²) in [6.45, 7) is 2.25. The van der Waals surface area contributed by atoms with Gasteiger partial charge in [-0.15, -0.1) is 0 Å². The lowest BCUT2D eigenvalue weighted by molar-refractivity contribution is 0.399. The minimum Gasteiger partial charge on any atom is -0.496 e. The lowest BCUT2D eigenvalue weighted by atomic mass is 10.0. The van der Waals surface area contributed by atoms with E-state index in [1.807, 2.05) is 18.2 Å². The Kier molecular flexibility index (Phi) is 7.42. The molecule has 2 aromatic rings. The molecule has 1 atom stereocenters. The van der Waals surface area contributed by atoms with Crippen LogP contribution in [0.4, 0.5) is 0 Å². The average Bonchev–Trinajstić information content (AvgIpc) is 2.61. The van der Waals surface area contributed by atoms with Crippen molar-refractivity contribution < 1.29 is 9.47 Å². The number of unbranched alkanes of at least 4 members (excludes halogenated alkanes) is 3. The zero-order valence-corrected chi connectivity index (χ0v) is 15.4. The van der Waals surface area contributed by atoms with Gasteiger partial charge in [0.1, 0.15) is 11.5 Å². The summed E-state index contributed by atoms with van der Waals surface area (Å²) in [5.74, 6) is 1.83. The van der Waals surface area contributed by atoms with Gasteiger partial charge < -0.3 is 9.47 Å². The van der Waals surface area contributed by atoms with Gasteiger partial charge in [0.25, 0.3) is 0 Å². The Morgan fingerprint density at radius 2 is 1.65 bits per heavy atom. The van der Waals surface area contributed by atoms with Crippen molar-refractivity contribution in [1.82, 2.24) is 0 Å². The highest BCUT2D eigenvalue weighted by atomic mass is 31.1. The highest BCUT2D eigenvalue weighted by Gasteiger charge is 2.16. The molecule has 0 saturated heterocycles. The minimum absolute atomic E-state index is 0.780. The van der Waals surface area contributed by atoms with Crippen LogP contribution in [0, 0.1) is 0 Å². The summed E-state index contributed by atoms with van der Waals surface area (Å²) >= 11 is 0. The van der Waals surface area contributed by atoms with Gasteiger partial charge in [0.15, 0.2) is 0 Å². The first-order valence-corrected chi connectivity index (χ1v) is 9.56. The number of methoxy groups -OCH3 is 2. The van der Waals surface area contributed by atoms with Gasteiger partial charge in [-0.1, -0.05) is 65.1 Å². The third-order valence-electron chi connectivity index (χ3n) is 3.95. The molecule has 2 nitrogen and oxygen atoms in total. The molecule has 1 unspecified atom stereocenters. The van der Waals surface area contributed by atoms with E-state index in [2.05, 4.69) is 31.2 Å². The largest absolute Gasteiger partial charge is 0.496 e. The molecule has 0 amide bonds. The molecule has 2 rings (SSSR count). The molecule has 0 aliphatic rings. The van der Waals surface area contributed by atoms with E-state index in [-0.39, 0.29) is 0 Å². The number of rotatable bonds is 9. The maximum atomic E-state index is 5.78. The van der Waals surface area contributed by atoms with Crippen molar-refractivity contribution in [1.29, 1.82) is 0 Å². The topological polar surface area (TPSA) is 18.5 Å². The van der Waals surface area contributed by atoms with Gasteiger partial charge in [-0.05, 0) is 30.3 Å². The summed E-state index contributed by atoms with van der Waals surface area (Å²) in [5.41, 5.74) is 2.20. The van der Waals surface area contributed by atoms with Crippen molar-refractivity contribution in [2.75, 3.05) is 20.4 Å².